The lowest BCUT2D eigenvalue weighted by Crippen LogP contribution is -1.94. The highest BCUT2D eigenvalue weighted by molar-refractivity contribution is 9.24. The molecule has 4 heteroatoms. The van der Waals surface area contributed by atoms with Crippen molar-refractivity contribution in [1.82, 2.24) is 0 Å². The Morgan fingerprint density at radius 1 is 1.67 bits per heavy atom. The summed E-state index contributed by atoms with van der Waals surface area (Å²) in [4.78, 5) is 10.4. The summed E-state index contributed by atoms with van der Waals surface area (Å²) < 4.78 is 4.36. The maximum atomic E-state index is 10.4. The van der Waals surface area contributed by atoms with Gasteiger partial charge < -0.3 is 4.74 Å². The molecule has 0 saturated carbocycles. The Balaban J connectivity index is 3.57. The molecule has 0 spiro atoms. The number of esters is 1. The fourth-order valence-corrected chi connectivity index (χ4v) is 0.525. The van der Waals surface area contributed by atoms with Crippen molar-refractivity contribution < 1.29 is 9.53 Å². The number of halogens is 2. The number of methoxy groups -OCH3 is 1. The Kier molecular flexibility index (Phi) is 5.09. The highest BCUT2D eigenvalue weighted by Crippen LogP contribution is 2.08. The third kappa shape index (κ3) is 6.05. The highest BCUT2D eigenvalue weighted by Gasteiger charge is 1.92. The van der Waals surface area contributed by atoms with E-state index in [9.17, 15) is 4.79 Å². The van der Waals surface area contributed by atoms with Crippen LogP contribution in [0.5, 0.6) is 0 Å². The van der Waals surface area contributed by atoms with Crippen molar-refractivity contribution in [3.8, 4) is 0 Å². The summed E-state index contributed by atoms with van der Waals surface area (Å²) in [6, 6.07) is 0. The molecule has 0 fully saturated rings. The van der Waals surface area contributed by atoms with Crippen molar-refractivity contribution in [1.29, 1.82) is 0 Å². The van der Waals surface area contributed by atoms with Crippen LogP contribution < -0.4 is 0 Å². The lowest BCUT2D eigenvalue weighted by Gasteiger charge is -1.89. The Labute approximate surface area is 70.5 Å². The Hall–Kier alpha value is 0.170. The van der Waals surface area contributed by atoms with Crippen LogP contribution in [0.15, 0.2) is 12.2 Å². The first-order valence-electron chi connectivity index (χ1n) is 2.21. The van der Waals surface area contributed by atoms with Gasteiger partial charge in [-0.15, -0.1) is 0 Å². The zero-order valence-electron chi connectivity index (χ0n) is 4.80. The van der Waals surface area contributed by atoms with Crippen molar-refractivity contribution in [2.45, 2.75) is 3.74 Å². The summed E-state index contributed by atoms with van der Waals surface area (Å²) in [5.74, 6) is -0.348. The van der Waals surface area contributed by atoms with E-state index in [0.29, 0.717) is 0 Å². The minimum Gasteiger partial charge on any atom is -0.466 e. The van der Waals surface area contributed by atoms with Gasteiger partial charge in [0, 0.05) is 6.08 Å². The molecule has 0 aliphatic carbocycles. The van der Waals surface area contributed by atoms with Crippen LogP contribution in [0.4, 0.5) is 0 Å². The van der Waals surface area contributed by atoms with Gasteiger partial charge in [-0.25, -0.2) is 4.79 Å². The van der Waals surface area contributed by atoms with Gasteiger partial charge in [-0.05, 0) is 0 Å². The van der Waals surface area contributed by atoms with Crippen LogP contribution in [0.2, 0.25) is 0 Å². The van der Waals surface area contributed by atoms with Crippen LogP contribution in [-0.4, -0.2) is 16.8 Å². The van der Waals surface area contributed by atoms with E-state index >= 15 is 0 Å². The van der Waals surface area contributed by atoms with Crippen LogP contribution in [0, 0.1) is 0 Å². The molecule has 0 amide bonds. The number of hydrogen-bond donors (Lipinski definition) is 0. The maximum Gasteiger partial charge on any atom is 0.330 e. The maximum absolute atomic E-state index is 10.4. The van der Waals surface area contributed by atoms with E-state index in [0.717, 1.165) is 0 Å². The van der Waals surface area contributed by atoms with E-state index < -0.39 is 0 Å². The minimum absolute atomic E-state index is 0.0316. The summed E-state index contributed by atoms with van der Waals surface area (Å²) in [7, 11) is 1.34. The van der Waals surface area contributed by atoms with Gasteiger partial charge >= 0.3 is 5.97 Å². The fourth-order valence-electron chi connectivity index (χ4n) is 0.219. The standard InChI is InChI=1S/C5H6Br2O2/c1-9-5(8)3-2-4(6)7/h2-4H,1H3. The Morgan fingerprint density at radius 2 is 2.22 bits per heavy atom. The van der Waals surface area contributed by atoms with Gasteiger partial charge in [0.1, 0.15) is 0 Å². The zero-order valence-corrected chi connectivity index (χ0v) is 7.98. The lowest BCUT2D eigenvalue weighted by molar-refractivity contribution is -0.134. The quantitative estimate of drug-likeness (QED) is 0.429. The molecule has 0 rings (SSSR count). The topological polar surface area (TPSA) is 26.3 Å². The van der Waals surface area contributed by atoms with Crippen molar-refractivity contribution in [3.05, 3.63) is 12.2 Å². The molecule has 0 unspecified atom stereocenters. The lowest BCUT2D eigenvalue weighted by atomic mass is 10.5. The Morgan fingerprint density at radius 3 is 2.56 bits per heavy atom. The highest BCUT2D eigenvalue weighted by atomic mass is 79.9. The third-order valence-electron chi connectivity index (χ3n) is 0.579. The molecule has 0 N–H and O–H groups in total. The molecule has 52 valence electrons. The summed E-state index contributed by atoms with van der Waals surface area (Å²) in [6.07, 6.45) is 2.97. The van der Waals surface area contributed by atoms with Gasteiger partial charge in [-0.3, -0.25) is 0 Å². The number of rotatable bonds is 2. The van der Waals surface area contributed by atoms with Crippen LogP contribution in [0.25, 0.3) is 0 Å². The number of carbonyl (C=O) groups is 1. The summed E-state index contributed by atoms with van der Waals surface area (Å²) in [5.41, 5.74) is 0. The first-order chi connectivity index (χ1) is 4.16. The van der Waals surface area contributed by atoms with E-state index in [1.807, 2.05) is 0 Å². The van der Waals surface area contributed by atoms with Gasteiger partial charge in [0.15, 0.2) is 0 Å². The largest absolute Gasteiger partial charge is 0.466 e. The van der Waals surface area contributed by atoms with Crippen molar-refractivity contribution >= 4 is 37.8 Å². The van der Waals surface area contributed by atoms with Crippen LogP contribution in [0.1, 0.15) is 0 Å². The predicted octanol–water partition coefficient (Wildman–Crippen LogP) is 1.83. The van der Waals surface area contributed by atoms with Crippen molar-refractivity contribution in [3.63, 3.8) is 0 Å². The normalized spacial score (nSPS) is 10.7. The van der Waals surface area contributed by atoms with Crippen molar-refractivity contribution in [2.24, 2.45) is 0 Å². The smallest absolute Gasteiger partial charge is 0.330 e. The van der Waals surface area contributed by atoms with E-state index in [-0.39, 0.29) is 9.71 Å². The van der Waals surface area contributed by atoms with Crippen molar-refractivity contribution in [2.75, 3.05) is 7.11 Å². The third-order valence-corrected chi connectivity index (χ3v) is 1.19. The van der Waals surface area contributed by atoms with E-state index in [2.05, 4.69) is 36.6 Å². The second kappa shape index (κ2) is 4.99. The molecule has 0 bridgehead atoms. The van der Waals surface area contributed by atoms with E-state index in [1.165, 1.54) is 13.2 Å². The van der Waals surface area contributed by atoms with Gasteiger partial charge in [0.05, 0.1) is 10.8 Å². The molecule has 0 aromatic carbocycles. The number of hydrogen-bond acceptors (Lipinski definition) is 2. The molecule has 0 heterocycles. The van der Waals surface area contributed by atoms with Crippen LogP contribution in [-0.2, 0) is 9.53 Å². The van der Waals surface area contributed by atoms with E-state index in [4.69, 9.17) is 0 Å². The summed E-state index contributed by atoms with van der Waals surface area (Å²) >= 11 is 6.31. The Bertz CT molecular complexity index is 120. The number of ether oxygens (including phenoxy) is 1. The zero-order chi connectivity index (χ0) is 7.28. The molecular formula is C5H6Br2O2. The minimum atomic E-state index is -0.348. The summed E-state index contributed by atoms with van der Waals surface area (Å²) in [6.45, 7) is 0. The second-order valence-electron chi connectivity index (χ2n) is 1.22. The summed E-state index contributed by atoms with van der Waals surface area (Å²) in [5, 5.41) is 0. The number of allylic oxidation sites excluding steroid dienone is 1. The fraction of sp³-hybridized carbons (Fsp3) is 0.400. The second-order valence-corrected chi connectivity index (χ2v) is 4.42. The predicted molar refractivity (Wildman–Crippen MR) is 42.8 cm³/mol. The molecule has 0 saturated heterocycles. The molecule has 0 aromatic heterocycles. The van der Waals surface area contributed by atoms with Gasteiger partial charge in [-0.2, -0.15) is 0 Å². The first-order valence-corrected chi connectivity index (χ1v) is 4.04. The number of alkyl halides is 2. The average molecular weight is 258 g/mol. The molecule has 2 nitrogen and oxygen atoms in total. The molecule has 0 radical (unpaired) electrons. The van der Waals surface area contributed by atoms with Crippen LogP contribution >= 0.6 is 31.9 Å². The SMILES string of the molecule is COC(=O)C=CC(Br)Br. The average Bonchev–Trinajstić information content (AvgIpc) is 1.83. The monoisotopic (exact) mass is 256 g/mol. The molecule has 0 aliphatic rings. The molecule has 0 aromatic rings. The van der Waals surface area contributed by atoms with Crippen LogP contribution in [0.3, 0.4) is 0 Å². The molecular weight excluding hydrogens is 252 g/mol. The molecule has 0 aliphatic heterocycles. The van der Waals surface area contributed by atoms with Gasteiger partial charge in [0.25, 0.3) is 0 Å². The van der Waals surface area contributed by atoms with Gasteiger partial charge in [-0.1, -0.05) is 37.9 Å². The number of carbonyl (C=O) groups excluding carboxylic acids is 1. The molecule has 9 heavy (non-hydrogen) atoms. The van der Waals surface area contributed by atoms with E-state index in [1.54, 1.807) is 6.08 Å². The molecule has 0 atom stereocenters. The first kappa shape index (κ1) is 9.17. The van der Waals surface area contributed by atoms with Gasteiger partial charge in [0.2, 0.25) is 0 Å².